The fourth-order valence-corrected chi connectivity index (χ4v) is 208. The molecule has 4 aliphatic carbocycles. The first-order chi connectivity index (χ1) is 44.1. The molecule has 0 N–H and O–H groups in total. The molecule has 0 amide bonds. The van der Waals surface area contributed by atoms with E-state index in [9.17, 15) is 17.2 Å². The molecule has 14 rings (SSSR count). The van der Waals surface area contributed by atoms with Crippen LogP contribution in [0, 0.1) is 55.4 Å². The average molecular weight is 1560 g/mol. The maximum atomic E-state index is 11.5. The van der Waals surface area contributed by atoms with Gasteiger partial charge in [-0.1, -0.05) is 0 Å². The van der Waals surface area contributed by atoms with Crippen LogP contribution in [0.2, 0.25) is 91.7 Å². The zero-order chi connectivity index (χ0) is 69.0. The number of hydrogen-bond acceptors (Lipinski definition) is 0. The Labute approximate surface area is 584 Å². The van der Waals surface area contributed by atoms with Crippen LogP contribution in [0.1, 0.15) is 117 Å². The Morgan fingerprint density at radius 2 is 0.453 bits per heavy atom. The van der Waals surface area contributed by atoms with Crippen LogP contribution >= 0.6 is 17.2 Å². The second-order valence-electron chi connectivity index (χ2n) is 35.6. The average Bonchev–Trinajstić information content (AvgIpc) is 1.53. The first-order valence-corrected chi connectivity index (χ1v) is 70.3. The summed E-state index contributed by atoms with van der Waals surface area (Å²) in [5.41, 5.74) is 38.3. The Morgan fingerprint density at radius 1 is 0.284 bits per heavy atom. The molecule has 9 heteroatoms. The van der Waals surface area contributed by atoms with E-state index in [1.54, 1.807) is 20.7 Å². The molecule has 2 heterocycles. The molecular formula is C86H104Cl2HfSi6. The van der Waals surface area contributed by atoms with E-state index in [4.69, 9.17) is 0 Å². The van der Waals surface area contributed by atoms with E-state index in [2.05, 4.69) is 320 Å². The van der Waals surface area contributed by atoms with Crippen LogP contribution in [0.25, 0.3) is 68.8 Å². The van der Waals surface area contributed by atoms with Gasteiger partial charge in [-0.3, -0.25) is 0 Å². The Bertz CT molecular complexity index is 4270. The predicted octanol–water partition coefficient (Wildman–Crippen LogP) is 22.0. The van der Waals surface area contributed by atoms with Crippen LogP contribution in [0.4, 0.5) is 0 Å². The van der Waals surface area contributed by atoms with Crippen molar-refractivity contribution in [3.8, 4) is 44.5 Å². The molecule has 6 aliphatic rings. The van der Waals surface area contributed by atoms with E-state index in [0.29, 0.717) is 0 Å². The van der Waals surface area contributed by atoms with Crippen LogP contribution in [0.3, 0.4) is 0 Å². The number of hydrogen-bond donors (Lipinski definition) is 0. The Morgan fingerprint density at radius 3 is 0.611 bits per heavy atom. The van der Waals surface area contributed by atoms with Crippen molar-refractivity contribution in [3.05, 3.63) is 233 Å². The second-order valence-corrected chi connectivity index (χ2v) is 110. The predicted molar refractivity (Wildman–Crippen MR) is 436 cm³/mol. The quantitative estimate of drug-likeness (QED) is 0.133. The van der Waals surface area contributed by atoms with Crippen molar-refractivity contribution in [2.75, 3.05) is 0 Å². The van der Waals surface area contributed by atoms with Crippen molar-refractivity contribution in [2.24, 2.45) is 0 Å². The summed E-state index contributed by atoms with van der Waals surface area (Å²) in [5, 5.41) is 6.29. The Hall–Kier alpha value is -4.53. The first-order valence-electron chi connectivity index (χ1n) is 35.6. The first kappa shape index (κ1) is 67.6. The molecule has 0 radical (unpaired) electrons. The van der Waals surface area contributed by atoms with E-state index in [1.165, 1.54) is 156 Å². The van der Waals surface area contributed by atoms with Gasteiger partial charge in [-0.05, 0) is 0 Å². The minimum absolute atomic E-state index is 0.664. The van der Waals surface area contributed by atoms with Crippen molar-refractivity contribution in [2.45, 2.75) is 186 Å². The van der Waals surface area contributed by atoms with Gasteiger partial charge in [0, 0.05) is 0 Å². The van der Waals surface area contributed by atoms with Crippen molar-refractivity contribution in [3.63, 3.8) is 0 Å². The van der Waals surface area contributed by atoms with Crippen LogP contribution in [-0.4, -0.2) is 49.9 Å². The fraction of sp³-hybridized carbons (Fsp3) is 0.349. The number of fused-ring (bicyclic) bond motifs is 12. The van der Waals surface area contributed by atoms with Crippen molar-refractivity contribution < 1.29 is 14.7 Å². The van der Waals surface area contributed by atoms with Crippen LogP contribution in [0.15, 0.2) is 144 Å². The summed E-state index contributed by atoms with van der Waals surface area (Å²) in [7, 11) is 11.3. The van der Waals surface area contributed by atoms with E-state index < -0.39 is 75.7 Å². The molecule has 5 spiro atoms. The third-order valence-corrected chi connectivity index (χ3v) is 153. The monoisotopic (exact) mass is 1550 g/mol. The van der Waals surface area contributed by atoms with Gasteiger partial charge in [0.1, 0.15) is 0 Å². The molecule has 2 aliphatic heterocycles. The second kappa shape index (κ2) is 20.6. The molecule has 8 aromatic carbocycles. The molecule has 2 fully saturated rings. The van der Waals surface area contributed by atoms with Gasteiger partial charge in [0.05, 0.1) is 0 Å². The van der Waals surface area contributed by atoms with Crippen LogP contribution < -0.4 is 20.7 Å². The van der Waals surface area contributed by atoms with Crippen molar-refractivity contribution >= 4 is 112 Å². The molecule has 4 atom stereocenters. The van der Waals surface area contributed by atoms with Gasteiger partial charge in [-0.2, -0.15) is 0 Å². The molecule has 0 aromatic heterocycles. The van der Waals surface area contributed by atoms with E-state index in [-0.39, 0.29) is 0 Å². The van der Waals surface area contributed by atoms with E-state index in [1.807, 2.05) is 0 Å². The van der Waals surface area contributed by atoms with Crippen molar-refractivity contribution in [1.82, 2.24) is 0 Å². The molecule has 95 heavy (non-hydrogen) atoms. The molecular weight excluding hydrogens is 1450 g/mol. The van der Waals surface area contributed by atoms with Gasteiger partial charge in [-0.15, -0.1) is 0 Å². The van der Waals surface area contributed by atoms with Gasteiger partial charge in [0.25, 0.3) is 0 Å². The standard InChI is InChI=1S/2C43H52Si3.2ClH.Hf/c2*1-26-24-38-34(32-20-28(3)42(29(4)21-32)45(8,9)10)16-14-18-36(38)40(26)44(7)41-27(2)25-39-35(17-15-19-37(39)41)33-22-30(5)43(31(6)23-33)46(11,12)13;;;/h2*14-25,44H,1-13H3;2*1H;/q;;;;+2/p-2. The molecule has 4 unspecified atom stereocenters. The molecule has 8 aromatic rings. The number of benzene rings is 8. The molecule has 490 valence electrons. The fourth-order valence-electron chi connectivity index (χ4n) is 26.3. The zero-order valence-electron chi connectivity index (χ0n) is 62.3. The van der Waals surface area contributed by atoms with Crippen molar-refractivity contribution in [1.29, 1.82) is 0 Å². The molecule has 2 saturated heterocycles. The topological polar surface area (TPSA) is 0 Å². The summed E-state index contributed by atoms with van der Waals surface area (Å²) in [6.45, 7) is 64.8. The molecule has 0 saturated carbocycles. The third-order valence-electron chi connectivity index (χ3n) is 26.6. The summed E-state index contributed by atoms with van der Waals surface area (Å²) in [6.07, 6.45) is 10.7. The summed E-state index contributed by atoms with van der Waals surface area (Å²) in [5.74, 6) is 0. The zero-order valence-corrected chi connectivity index (χ0v) is 73.7. The number of allylic oxidation sites excluding steroid dienone is 4. The van der Waals surface area contributed by atoms with E-state index in [0.717, 1.165) is 0 Å². The summed E-state index contributed by atoms with van der Waals surface area (Å²) >= 11 is -7.75. The SMILES string of the molecule is CC1=Cc2c(-c3cc(C)c([Si](C)(C)C)c(C)c3)cccc2[C]12[SiH](C)[C]1(C(C)=Cc3c(-c4cc(C)c([Si](C)(C)C)c(C)c4)cccc31)[Hf]21([Cl])([Cl])[C]2(C(C)=Cc3c(-c4cc(C)c([Si](C)(C)C)c(C)c4)cccc32)[SiH](C)[C]12C(C)=Cc1c(-c3cc(C)c([Si](C)(C)C)c(C)c3)cccc12. The summed E-state index contributed by atoms with van der Waals surface area (Å²) in [6, 6.07) is 50.1. The summed E-state index contributed by atoms with van der Waals surface area (Å²) in [4.78, 5) is 0. The molecule has 0 nitrogen and oxygen atoms in total. The van der Waals surface area contributed by atoms with E-state index >= 15 is 0 Å². The van der Waals surface area contributed by atoms with Crippen LogP contribution in [0.5, 0.6) is 0 Å². The maximum absolute atomic E-state index is 11.5. The van der Waals surface area contributed by atoms with Gasteiger partial charge in [-0.25, -0.2) is 0 Å². The number of aryl methyl sites for hydroxylation is 8. The number of halogens is 2. The number of rotatable bonds is 8. The van der Waals surface area contributed by atoms with Gasteiger partial charge in [0.2, 0.25) is 0 Å². The molecule has 0 bridgehead atoms. The van der Waals surface area contributed by atoms with Crippen LogP contribution in [-0.2, 0) is 25.8 Å². The van der Waals surface area contributed by atoms with Gasteiger partial charge in [0.15, 0.2) is 0 Å². The summed E-state index contributed by atoms with van der Waals surface area (Å²) < 4.78 is -2.66. The van der Waals surface area contributed by atoms with Gasteiger partial charge < -0.3 is 0 Å². The van der Waals surface area contributed by atoms with Gasteiger partial charge >= 0.3 is 590 Å². The normalized spacial score (nSPS) is 25.5. The minimum atomic E-state index is -7.75. The Kier molecular flexibility index (Phi) is 14.7. The Balaban J connectivity index is 1.19. The third kappa shape index (κ3) is 7.43.